The molecule has 2 bridgehead atoms. The Labute approximate surface area is 114 Å². The lowest BCUT2D eigenvalue weighted by molar-refractivity contribution is -0.124. The van der Waals surface area contributed by atoms with Gasteiger partial charge in [0.15, 0.2) is 5.13 Å². The van der Waals surface area contributed by atoms with Gasteiger partial charge in [0.05, 0.1) is 11.8 Å². The zero-order valence-corrected chi connectivity index (χ0v) is 10.9. The third-order valence-electron chi connectivity index (χ3n) is 5.27. The highest BCUT2D eigenvalue weighted by molar-refractivity contribution is 7.14. The predicted octanol–water partition coefficient (Wildman–Crippen LogP) is 1.70. The molecule has 19 heavy (non-hydrogen) atoms. The second kappa shape index (κ2) is 3.15. The zero-order chi connectivity index (χ0) is 12.7. The highest BCUT2D eigenvalue weighted by atomic mass is 32.1. The average Bonchev–Trinajstić information content (AvgIpc) is 3.01. The quantitative estimate of drug-likeness (QED) is 0.577. The van der Waals surface area contributed by atoms with Gasteiger partial charge in [-0.1, -0.05) is 12.2 Å². The van der Waals surface area contributed by atoms with E-state index in [4.69, 9.17) is 0 Å². The van der Waals surface area contributed by atoms with E-state index in [1.54, 1.807) is 6.20 Å². The maximum Gasteiger partial charge on any atom is 0.240 e. The molecule has 6 rings (SSSR count). The van der Waals surface area contributed by atoms with E-state index < -0.39 is 0 Å². The van der Waals surface area contributed by atoms with Crippen molar-refractivity contribution < 1.29 is 9.59 Å². The van der Waals surface area contributed by atoms with Gasteiger partial charge in [-0.05, 0) is 30.1 Å². The van der Waals surface area contributed by atoms with Crippen molar-refractivity contribution in [3.8, 4) is 0 Å². The fraction of sp³-hybridized carbons (Fsp3) is 0.500. The summed E-state index contributed by atoms with van der Waals surface area (Å²) in [5, 5.41) is 2.35. The first kappa shape index (κ1) is 10.3. The number of carbonyl (C=O) groups is 2. The minimum Gasteiger partial charge on any atom is -0.274 e. The molecule has 96 valence electrons. The minimum atomic E-state index is -0.116. The van der Waals surface area contributed by atoms with E-state index in [2.05, 4.69) is 17.1 Å². The van der Waals surface area contributed by atoms with Crippen molar-refractivity contribution in [3.63, 3.8) is 0 Å². The molecule has 2 amide bonds. The Kier molecular flexibility index (Phi) is 1.71. The second-order valence-corrected chi connectivity index (χ2v) is 6.85. The second-order valence-electron chi connectivity index (χ2n) is 5.98. The first-order valence-corrected chi connectivity index (χ1v) is 7.61. The van der Waals surface area contributed by atoms with Gasteiger partial charge in [0.25, 0.3) is 0 Å². The minimum absolute atomic E-state index is 0.0188. The lowest BCUT2D eigenvalue weighted by Crippen LogP contribution is -2.40. The molecule has 1 aromatic heterocycles. The summed E-state index contributed by atoms with van der Waals surface area (Å²) in [6.07, 6.45) is 7.23. The van der Waals surface area contributed by atoms with Crippen molar-refractivity contribution in [1.29, 1.82) is 0 Å². The lowest BCUT2D eigenvalue weighted by Gasteiger charge is -2.37. The molecule has 1 aromatic rings. The fourth-order valence-corrected chi connectivity index (χ4v) is 5.12. The van der Waals surface area contributed by atoms with Crippen LogP contribution < -0.4 is 4.90 Å². The highest BCUT2D eigenvalue weighted by Gasteiger charge is 2.67. The summed E-state index contributed by atoms with van der Waals surface area (Å²) in [6.45, 7) is 0. The molecule has 0 spiro atoms. The van der Waals surface area contributed by atoms with Crippen molar-refractivity contribution in [3.05, 3.63) is 23.7 Å². The molecule has 1 aliphatic heterocycles. The summed E-state index contributed by atoms with van der Waals surface area (Å²) in [4.78, 5) is 30.8. The molecular weight excluding hydrogens is 260 g/mol. The SMILES string of the molecule is O=C1[C@@H]2[C@H]3C=C[C@H]([C@@H]4C[C@H]34)[C@@H]2C(=O)N1c1nccs1. The molecule has 3 fully saturated rings. The van der Waals surface area contributed by atoms with Gasteiger partial charge < -0.3 is 0 Å². The van der Waals surface area contributed by atoms with Crippen LogP contribution in [0, 0.1) is 35.5 Å². The summed E-state index contributed by atoms with van der Waals surface area (Å²) in [6, 6.07) is 0. The van der Waals surface area contributed by atoms with Crippen molar-refractivity contribution in [2.45, 2.75) is 6.42 Å². The van der Waals surface area contributed by atoms with E-state index in [-0.39, 0.29) is 23.7 Å². The standard InChI is InChI=1S/C14H12N2O2S/c17-12-10-6-1-2-7(9-5-8(6)9)11(10)13(18)16(12)14-15-3-4-19-14/h1-4,6-11H,5H2/t6-,7+,8+,9-,10+,11-. The maximum atomic E-state index is 12.6. The fourth-order valence-electron chi connectivity index (χ4n) is 4.47. The largest absolute Gasteiger partial charge is 0.274 e. The molecule has 4 nitrogen and oxygen atoms in total. The summed E-state index contributed by atoms with van der Waals surface area (Å²) in [5.41, 5.74) is 0. The number of hydrogen-bond acceptors (Lipinski definition) is 4. The van der Waals surface area contributed by atoms with E-state index in [0.717, 1.165) is 0 Å². The monoisotopic (exact) mass is 272 g/mol. The van der Waals surface area contributed by atoms with Gasteiger partial charge in [0.1, 0.15) is 0 Å². The molecule has 4 aliphatic carbocycles. The topological polar surface area (TPSA) is 50.3 Å². The van der Waals surface area contributed by atoms with Gasteiger partial charge in [-0.15, -0.1) is 11.3 Å². The number of amides is 2. The number of nitrogens with zero attached hydrogens (tertiary/aromatic N) is 2. The first-order valence-electron chi connectivity index (χ1n) is 6.73. The number of anilines is 1. The van der Waals surface area contributed by atoms with Crippen molar-refractivity contribution in [1.82, 2.24) is 4.98 Å². The molecule has 0 aromatic carbocycles. The Morgan fingerprint density at radius 1 is 1.11 bits per heavy atom. The highest BCUT2D eigenvalue weighted by Crippen LogP contribution is 2.65. The van der Waals surface area contributed by atoms with Crippen LogP contribution in [0.1, 0.15) is 6.42 Å². The summed E-state index contributed by atoms with van der Waals surface area (Å²) in [7, 11) is 0. The number of hydrogen-bond donors (Lipinski definition) is 0. The summed E-state index contributed by atoms with van der Waals surface area (Å²) < 4.78 is 0. The van der Waals surface area contributed by atoms with Crippen LogP contribution >= 0.6 is 11.3 Å². The van der Waals surface area contributed by atoms with Crippen LogP contribution in [0.2, 0.25) is 0 Å². The predicted molar refractivity (Wildman–Crippen MR) is 69.3 cm³/mol. The van der Waals surface area contributed by atoms with Gasteiger partial charge in [0.2, 0.25) is 11.8 Å². The van der Waals surface area contributed by atoms with Gasteiger partial charge in [-0.3, -0.25) is 9.59 Å². The van der Waals surface area contributed by atoms with E-state index in [1.165, 1.54) is 22.7 Å². The van der Waals surface area contributed by atoms with Gasteiger partial charge >= 0.3 is 0 Å². The molecule has 0 N–H and O–H groups in total. The molecule has 6 atom stereocenters. The van der Waals surface area contributed by atoms with Gasteiger partial charge in [0, 0.05) is 11.6 Å². The normalized spacial score (nSPS) is 45.6. The van der Waals surface area contributed by atoms with E-state index in [0.29, 0.717) is 28.8 Å². The number of carbonyl (C=O) groups excluding carboxylic acids is 2. The van der Waals surface area contributed by atoms with E-state index in [9.17, 15) is 9.59 Å². The molecular formula is C14H12N2O2S. The third kappa shape index (κ3) is 1.09. The molecule has 5 heteroatoms. The Balaban J connectivity index is 1.62. The van der Waals surface area contributed by atoms with E-state index in [1.807, 2.05) is 5.38 Å². The number of thiazole rings is 1. The number of aromatic nitrogens is 1. The molecule has 2 saturated carbocycles. The Morgan fingerprint density at radius 2 is 1.74 bits per heavy atom. The van der Waals surface area contributed by atoms with Crippen LogP contribution in [0.15, 0.2) is 23.7 Å². The molecule has 5 aliphatic rings. The molecule has 2 heterocycles. The van der Waals surface area contributed by atoms with Crippen LogP contribution in [0.3, 0.4) is 0 Å². The maximum absolute atomic E-state index is 12.6. The van der Waals surface area contributed by atoms with Crippen LogP contribution in [0.25, 0.3) is 0 Å². The van der Waals surface area contributed by atoms with Gasteiger partial charge in [-0.2, -0.15) is 0 Å². The number of allylic oxidation sites excluding steroid dienone is 2. The zero-order valence-electron chi connectivity index (χ0n) is 10.1. The van der Waals surface area contributed by atoms with Gasteiger partial charge in [-0.25, -0.2) is 9.88 Å². The van der Waals surface area contributed by atoms with Crippen LogP contribution in [-0.2, 0) is 9.59 Å². The first-order chi connectivity index (χ1) is 9.27. The van der Waals surface area contributed by atoms with E-state index >= 15 is 0 Å². The third-order valence-corrected chi connectivity index (χ3v) is 6.03. The van der Waals surface area contributed by atoms with Crippen LogP contribution in [0.4, 0.5) is 5.13 Å². The Hall–Kier alpha value is -1.49. The summed E-state index contributed by atoms with van der Waals surface area (Å²) >= 11 is 1.36. The van der Waals surface area contributed by atoms with Crippen molar-refractivity contribution >= 4 is 28.3 Å². The lowest BCUT2D eigenvalue weighted by atomic mass is 9.63. The molecule has 0 radical (unpaired) electrons. The molecule has 1 saturated heterocycles. The number of rotatable bonds is 1. The van der Waals surface area contributed by atoms with Crippen LogP contribution in [-0.4, -0.2) is 16.8 Å². The smallest absolute Gasteiger partial charge is 0.240 e. The molecule has 0 unspecified atom stereocenters. The summed E-state index contributed by atoms with van der Waals surface area (Å²) in [5.74, 6) is 1.63. The average molecular weight is 272 g/mol. The van der Waals surface area contributed by atoms with Crippen molar-refractivity contribution in [2.75, 3.05) is 4.90 Å². The Morgan fingerprint density at radius 3 is 2.26 bits per heavy atom. The van der Waals surface area contributed by atoms with Crippen molar-refractivity contribution in [2.24, 2.45) is 35.5 Å². The number of imide groups is 1. The van der Waals surface area contributed by atoms with Crippen LogP contribution in [0.5, 0.6) is 0 Å². The Bertz CT molecular complexity index is 587.